The van der Waals surface area contributed by atoms with Crippen molar-refractivity contribution in [2.75, 3.05) is 11.7 Å². The van der Waals surface area contributed by atoms with Gasteiger partial charge in [0.25, 0.3) is 0 Å². The highest BCUT2D eigenvalue weighted by molar-refractivity contribution is 14.1. The number of primary amides is 1. The average molecular weight is 230 g/mol. The predicted octanol–water partition coefficient (Wildman–Crippen LogP) is 0.321. The second-order valence-corrected chi connectivity index (χ2v) is 1.70. The maximum Gasteiger partial charge on any atom is 0.339 e. The molecule has 0 fully saturated rings. The number of halogens is 1. The highest BCUT2D eigenvalue weighted by atomic mass is 127. The van der Waals surface area contributed by atoms with E-state index in [1.54, 1.807) is 0 Å². The Morgan fingerprint density at radius 1 is 2.00 bits per heavy atom. The minimum absolute atomic E-state index is 0.448. The molecule has 0 aromatic heterocycles. The van der Waals surface area contributed by atoms with Crippen molar-refractivity contribution in [3.05, 3.63) is 0 Å². The summed E-state index contributed by atoms with van der Waals surface area (Å²) in [5.74, 6) is 0. The zero-order valence-corrected chi connectivity index (χ0v) is 6.58. The Balaban J connectivity index is 3.52. The van der Waals surface area contributed by atoms with Crippen LogP contribution in [0.1, 0.15) is 0 Å². The van der Waals surface area contributed by atoms with Crippen LogP contribution in [0.5, 0.6) is 0 Å². The molecule has 0 aliphatic rings. The third kappa shape index (κ3) is 2.31. The molecular weight excluding hydrogens is 223 g/mol. The highest BCUT2D eigenvalue weighted by Gasteiger charge is 2.03. The van der Waals surface area contributed by atoms with E-state index in [9.17, 15) is 4.79 Å². The molecule has 4 nitrogen and oxygen atoms in total. The molecule has 0 aromatic rings. The molecule has 0 spiro atoms. The van der Waals surface area contributed by atoms with Gasteiger partial charge in [-0.3, -0.25) is 4.84 Å². The Morgan fingerprint density at radius 2 is 2.50 bits per heavy atom. The van der Waals surface area contributed by atoms with Crippen LogP contribution >= 0.6 is 22.6 Å². The minimum atomic E-state index is -0.568. The van der Waals surface area contributed by atoms with Gasteiger partial charge in [-0.05, 0) is 0 Å². The van der Waals surface area contributed by atoms with E-state index < -0.39 is 6.03 Å². The summed E-state index contributed by atoms with van der Waals surface area (Å²) < 4.78 is 0.448. The van der Waals surface area contributed by atoms with Gasteiger partial charge in [-0.2, -0.15) is 5.06 Å². The minimum Gasteiger partial charge on any atom is -0.350 e. The van der Waals surface area contributed by atoms with Crippen LogP contribution in [-0.4, -0.2) is 22.8 Å². The van der Waals surface area contributed by atoms with Crippen molar-refractivity contribution in [2.45, 2.75) is 0 Å². The third-order valence-electron chi connectivity index (χ3n) is 0.575. The molecule has 0 aliphatic heterocycles. The fourth-order valence-corrected chi connectivity index (χ4v) is 0.812. The molecule has 0 atom stereocenters. The normalized spacial score (nSPS) is 8.75. The first-order chi connectivity index (χ1) is 3.72. The lowest BCUT2D eigenvalue weighted by Crippen LogP contribution is -2.33. The van der Waals surface area contributed by atoms with Crippen LogP contribution in [0.2, 0.25) is 0 Å². The summed E-state index contributed by atoms with van der Waals surface area (Å²) in [6.45, 7) is 0. The molecule has 0 radical (unpaired) electrons. The van der Waals surface area contributed by atoms with Crippen LogP contribution in [0.25, 0.3) is 0 Å². The lowest BCUT2D eigenvalue weighted by Gasteiger charge is -2.11. The van der Waals surface area contributed by atoms with Gasteiger partial charge in [0, 0.05) is 0 Å². The summed E-state index contributed by atoms with van der Waals surface area (Å²) in [5.41, 5.74) is 4.81. The monoisotopic (exact) mass is 230 g/mol. The molecule has 0 bridgehead atoms. The number of nitrogens with zero attached hydrogens (tertiary/aromatic N) is 1. The predicted molar refractivity (Wildman–Crippen MR) is 37.3 cm³/mol. The molecule has 0 saturated heterocycles. The first kappa shape index (κ1) is 7.96. The van der Waals surface area contributed by atoms with Gasteiger partial charge >= 0.3 is 6.03 Å². The van der Waals surface area contributed by atoms with E-state index >= 15 is 0 Å². The van der Waals surface area contributed by atoms with Gasteiger partial charge in [0.05, 0.1) is 7.11 Å². The average Bonchev–Trinajstić information content (AvgIpc) is 1.69. The molecule has 8 heavy (non-hydrogen) atoms. The first-order valence-electron chi connectivity index (χ1n) is 1.89. The molecule has 0 rings (SSSR count). The van der Waals surface area contributed by atoms with Crippen LogP contribution in [0.3, 0.4) is 0 Å². The second-order valence-electron chi connectivity index (χ2n) is 1.02. The molecule has 48 valence electrons. The molecule has 0 aliphatic carbocycles. The zero-order valence-electron chi connectivity index (χ0n) is 4.43. The van der Waals surface area contributed by atoms with E-state index in [-0.39, 0.29) is 0 Å². The molecule has 0 saturated carbocycles. The van der Waals surface area contributed by atoms with Crippen molar-refractivity contribution in [1.29, 1.82) is 0 Å². The number of hydroxylamine groups is 2. The molecule has 5 heteroatoms. The summed E-state index contributed by atoms with van der Waals surface area (Å²) in [6, 6.07) is -0.568. The van der Waals surface area contributed by atoms with Crippen molar-refractivity contribution in [2.24, 2.45) is 5.73 Å². The van der Waals surface area contributed by atoms with Gasteiger partial charge in [-0.25, -0.2) is 4.79 Å². The lowest BCUT2D eigenvalue weighted by molar-refractivity contribution is -0.0644. The van der Waals surface area contributed by atoms with E-state index in [2.05, 4.69) is 4.84 Å². The summed E-state index contributed by atoms with van der Waals surface area (Å²) in [5, 5.41) is 1.04. The Labute approximate surface area is 61.1 Å². The van der Waals surface area contributed by atoms with Gasteiger partial charge < -0.3 is 5.73 Å². The van der Waals surface area contributed by atoms with Gasteiger partial charge in [0.1, 0.15) is 4.55 Å². The smallest absolute Gasteiger partial charge is 0.339 e. The van der Waals surface area contributed by atoms with Crippen LogP contribution in [0.4, 0.5) is 4.79 Å². The molecule has 0 heterocycles. The quantitative estimate of drug-likeness (QED) is 0.321. The Kier molecular flexibility index (Phi) is 3.88. The SMILES string of the molecule is CON(CI)C(N)=O. The number of urea groups is 1. The van der Waals surface area contributed by atoms with Gasteiger partial charge in [0.2, 0.25) is 0 Å². The number of rotatable bonds is 2. The molecule has 2 amide bonds. The van der Waals surface area contributed by atoms with Crippen molar-refractivity contribution in [1.82, 2.24) is 5.06 Å². The van der Waals surface area contributed by atoms with E-state index in [1.807, 2.05) is 22.6 Å². The summed E-state index contributed by atoms with van der Waals surface area (Å²) in [7, 11) is 1.39. The number of carbonyl (C=O) groups excluding carboxylic acids is 1. The summed E-state index contributed by atoms with van der Waals surface area (Å²) in [6.07, 6.45) is 0. The molecular formula is C3H7IN2O2. The molecule has 0 aromatic carbocycles. The van der Waals surface area contributed by atoms with Crippen LogP contribution < -0.4 is 5.73 Å². The van der Waals surface area contributed by atoms with E-state index in [4.69, 9.17) is 5.73 Å². The van der Waals surface area contributed by atoms with Crippen LogP contribution in [0.15, 0.2) is 0 Å². The largest absolute Gasteiger partial charge is 0.350 e. The Morgan fingerprint density at radius 3 is 2.50 bits per heavy atom. The van der Waals surface area contributed by atoms with Gasteiger partial charge in [-0.15, -0.1) is 0 Å². The number of amides is 2. The summed E-state index contributed by atoms with van der Waals surface area (Å²) in [4.78, 5) is 14.7. The maximum absolute atomic E-state index is 10.2. The number of alkyl halides is 1. The topological polar surface area (TPSA) is 55.6 Å². The van der Waals surface area contributed by atoms with Crippen molar-refractivity contribution < 1.29 is 9.63 Å². The second kappa shape index (κ2) is 3.90. The molecule has 0 unspecified atom stereocenters. The number of nitrogens with two attached hydrogens (primary N) is 1. The van der Waals surface area contributed by atoms with Gasteiger partial charge in [0.15, 0.2) is 0 Å². The van der Waals surface area contributed by atoms with Gasteiger partial charge in [-0.1, -0.05) is 22.6 Å². The molecule has 2 N–H and O–H groups in total. The number of carbonyl (C=O) groups is 1. The van der Waals surface area contributed by atoms with Crippen molar-refractivity contribution >= 4 is 28.6 Å². The van der Waals surface area contributed by atoms with Crippen molar-refractivity contribution in [3.8, 4) is 0 Å². The Hall–Kier alpha value is -0.0400. The van der Waals surface area contributed by atoms with E-state index in [1.165, 1.54) is 7.11 Å². The number of hydrogen-bond acceptors (Lipinski definition) is 2. The fourth-order valence-electron chi connectivity index (χ4n) is 0.198. The lowest BCUT2D eigenvalue weighted by atomic mass is 11.0. The van der Waals surface area contributed by atoms with Crippen LogP contribution in [0, 0.1) is 0 Å². The third-order valence-corrected chi connectivity index (χ3v) is 1.19. The first-order valence-corrected chi connectivity index (χ1v) is 3.42. The fraction of sp³-hybridized carbons (Fsp3) is 0.667. The van der Waals surface area contributed by atoms with E-state index in [0.717, 1.165) is 5.06 Å². The zero-order chi connectivity index (χ0) is 6.57. The number of hydrogen-bond donors (Lipinski definition) is 1. The maximum atomic E-state index is 10.2. The van der Waals surface area contributed by atoms with Crippen LogP contribution in [-0.2, 0) is 4.84 Å². The summed E-state index contributed by atoms with van der Waals surface area (Å²) >= 11 is 1.96. The van der Waals surface area contributed by atoms with E-state index in [0.29, 0.717) is 4.55 Å². The Bertz CT molecular complexity index is 83.4. The highest BCUT2D eigenvalue weighted by Crippen LogP contribution is 1.91. The standard InChI is InChI=1S/C3H7IN2O2/c1-8-6(2-4)3(5)7/h2H2,1H3,(H2,5,7). The van der Waals surface area contributed by atoms with Crippen molar-refractivity contribution in [3.63, 3.8) is 0 Å².